The molecule has 8 nitrogen and oxygen atoms in total. The molecule has 5 rings (SSSR count). The molecule has 2 saturated carbocycles. The molecule has 0 saturated heterocycles. The number of carbonyl (C=O) groups excluding carboxylic acids is 2. The molecule has 2 fully saturated rings. The molecule has 2 aromatic rings. The molecule has 0 radical (unpaired) electrons. The molecule has 3 aliphatic rings. The van der Waals surface area contributed by atoms with Crippen molar-refractivity contribution in [1.82, 2.24) is 20.4 Å². The van der Waals surface area contributed by atoms with Crippen LogP contribution >= 0.6 is 0 Å². The number of benzene rings is 1. The molecule has 3 N–H and O–H groups in total. The monoisotopic (exact) mass is 560 g/mol. The van der Waals surface area contributed by atoms with Crippen molar-refractivity contribution < 1.29 is 23.8 Å². The number of hydrogen-bond acceptors (Lipinski definition) is 5. The summed E-state index contributed by atoms with van der Waals surface area (Å²) in [5.41, 5.74) is 6.22. The molecule has 1 heterocycles. The first-order valence-electron chi connectivity index (χ1n) is 14.6. The van der Waals surface area contributed by atoms with Crippen molar-refractivity contribution in [2.24, 2.45) is 5.92 Å². The summed E-state index contributed by atoms with van der Waals surface area (Å²) < 4.78 is 20.5. The third-order valence-electron chi connectivity index (χ3n) is 8.23. The molecule has 0 unspecified atom stereocenters. The van der Waals surface area contributed by atoms with Gasteiger partial charge in [-0.2, -0.15) is 9.49 Å². The second-order valence-electron chi connectivity index (χ2n) is 11.1. The van der Waals surface area contributed by atoms with E-state index in [0.717, 1.165) is 25.7 Å². The molecule has 1 aromatic heterocycles. The third-order valence-corrected chi connectivity index (χ3v) is 8.23. The van der Waals surface area contributed by atoms with Crippen molar-refractivity contribution >= 4 is 17.5 Å². The fourth-order valence-electron chi connectivity index (χ4n) is 5.74. The Kier molecular flexibility index (Phi) is 9.07. The fourth-order valence-corrected chi connectivity index (χ4v) is 5.74. The van der Waals surface area contributed by atoms with E-state index in [1.165, 1.54) is 62.1 Å². The lowest BCUT2D eigenvalue weighted by atomic mass is 9.85. The summed E-state index contributed by atoms with van der Waals surface area (Å²) >= 11 is 0. The van der Waals surface area contributed by atoms with Crippen LogP contribution in [-0.2, 0) is 4.79 Å². The van der Waals surface area contributed by atoms with Crippen molar-refractivity contribution in [1.29, 1.82) is 0 Å². The van der Waals surface area contributed by atoms with E-state index in [2.05, 4.69) is 27.2 Å². The van der Waals surface area contributed by atoms with Crippen molar-refractivity contribution in [3.8, 4) is 22.8 Å². The third kappa shape index (κ3) is 6.99. The summed E-state index contributed by atoms with van der Waals surface area (Å²) in [5.74, 6) is -0.145. The number of methoxy groups -OCH3 is 1. The molecule has 0 aliphatic heterocycles. The largest absolute Gasteiger partial charge is 0.507 e. The van der Waals surface area contributed by atoms with E-state index in [-0.39, 0.29) is 35.9 Å². The maximum absolute atomic E-state index is 13.6. The number of nitrogens with one attached hydrogen (secondary N) is 2. The zero-order valence-corrected chi connectivity index (χ0v) is 23.4. The minimum Gasteiger partial charge on any atom is -0.507 e. The average Bonchev–Trinajstić information content (AvgIpc) is 3.39. The van der Waals surface area contributed by atoms with Gasteiger partial charge in [-0.25, -0.2) is 4.68 Å². The highest BCUT2D eigenvalue weighted by molar-refractivity contribution is 5.95. The summed E-state index contributed by atoms with van der Waals surface area (Å²) in [6.45, 7) is 0. The van der Waals surface area contributed by atoms with Gasteiger partial charge in [-0.3, -0.25) is 9.59 Å². The second kappa shape index (κ2) is 13.1. The minimum absolute atomic E-state index is 0.0507. The Morgan fingerprint density at radius 1 is 1.15 bits per heavy atom. The fraction of sp³-hybridized carbons (Fsp3) is 0.469. The van der Waals surface area contributed by atoms with Crippen molar-refractivity contribution in [2.75, 3.05) is 7.11 Å². The molecular weight excluding hydrogens is 523 g/mol. The normalized spacial score (nSPS) is 17.8. The highest BCUT2D eigenvalue weighted by Crippen LogP contribution is 2.39. The number of rotatable bonds is 11. The highest BCUT2D eigenvalue weighted by Gasteiger charge is 2.27. The van der Waals surface area contributed by atoms with E-state index in [9.17, 15) is 19.1 Å². The number of phenols is 1. The zero-order chi connectivity index (χ0) is 28.8. The van der Waals surface area contributed by atoms with Crippen LogP contribution in [0.25, 0.3) is 17.0 Å². The van der Waals surface area contributed by atoms with Crippen LogP contribution in [0.4, 0.5) is 4.39 Å². The van der Waals surface area contributed by atoms with Crippen LogP contribution in [-0.4, -0.2) is 45.9 Å². The molecule has 41 heavy (non-hydrogen) atoms. The van der Waals surface area contributed by atoms with Gasteiger partial charge in [0.25, 0.3) is 5.91 Å². The maximum Gasteiger partial charge on any atom is 0.272 e. The second-order valence-corrected chi connectivity index (χ2v) is 11.1. The van der Waals surface area contributed by atoms with E-state index in [1.807, 2.05) is 0 Å². The number of phenolic OH excluding ortho intramolecular Hbond substituents is 1. The molecule has 2 amide bonds. The lowest BCUT2D eigenvalue weighted by Crippen LogP contribution is -2.44. The average molecular weight is 561 g/mol. The molecule has 3 aliphatic carbocycles. The summed E-state index contributed by atoms with van der Waals surface area (Å²) in [6, 6.07) is 6.29. The topological polar surface area (TPSA) is 105 Å². The van der Waals surface area contributed by atoms with Crippen molar-refractivity contribution in [2.45, 2.75) is 82.7 Å². The molecule has 1 aromatic carbocycles. The zero-order valence-electron chi connectivity index (χ0n) is 23.4. The van der Waals surface area contributed by atoms with Gasteiger partial charge in [0.1, 0.15) is 17.2 Å². The molecule has 0 spiro atoms. The molecule has 216 valence electrons. The van der Waals surface area contributed by atoms with Gasteiger partial charge in [-0.05, 0) is 79.8 Å². The standard InChI is InChI=1S/C32H37FN4O4/c1-41-29-12-6-11-28(38)31(29)27-20-26(36-37(27)25-17-14-22(33)15-18-25)32(40)35-24(16-13-21-7-3-2-4-8-21)19-30(39)34-23-9-5-10-23/h6,11-12,14,17,20-21,23-24,38H,2-5,7-10,13,16,19H2,1H3,(H,34,39)(H,35,40)/t24-/m0/s1. The Balaban J connectivity index is 1.42. The first-order chi connectivity index (χ1) is 19.9. The SMILES string of the molecule is COc1cccc(O)c1-c1cc(C(=O)N[C@@H](CCC2CCCCC2)CC(=O)NC2CCC2)nn1C1=C=C=C(F)C=C1. The van der Waals surface area contributed by atoms with Gasteiger partial charge in [0.2, 0.25) is 5.91 Å². The van der Waals surface area contributed by atoms with E-state index >= 15 is 0 Å². The van der Waals surface area contributed by atoms with Gasteiger partial charge in [0, 0.05) is 18.5 Å². The lowest BCUT2D eigenvalue weighted by Gasteiger charge is -2.28. The first kappa shape index (κ1) is 28.5. The summed E-state index contributed by atoms with van der Waals surface area (Å²) in [7, 11) is 1.48. The van der Waals surface area contributed by atoms with E-state index in [0.29, 0.717) is 35.0 Å². The Bertz CT molecular complexity index is 1420. The van der Waals surface area contributed by atoms with Crippen LogP contribution in [0.2, 0.25) is 0 Å². The van der Waals surface area contributed by atoms with Gasteiger partial charge in [0.15, 0.2) is 11.5 Å². The summed E-state index contributed by atoms with van der Waals surface area (Å²) in [4.78, 5) is 26.4. The van der Waals surface area contributed by atoms with Gasteiger partial charge < -0.3 is 20.5 Å². The van der Waals surface area contributed by atoms with Gasteiger partial charge >= 0.3 is 0 Å². The number of carbonyl (C=O) groups is 2. The quantitative estimate of drug-likeness (QED) is 0.301. The number of amides is 2. The number of aromatic hydroxyl groups is 1. The lowest BCUT2D eigenvalue weighted by molar-refractivity contribution is -0.122. The van der Waals surface area contributed by atoms with E-state index in [1.54, 1.807) is 18.2 Å². The smallest absolute Gasteiger partial charge is 0.272 e. The molecule has 9 heteroatoms. The summed E-state index contributed by atoms with van der Waals surface area (Å²) in [6.07, 6.45) is 13.8. The highest BCUT2D eigenvalue weighted by atomic mass is 19.1. The van der Waals surface area contributed by atoms with Crippen LogP contribution in [0.5, 0.6) is 11.5 Å². The number of allylic oxidation sites excluding steroid dienone is 4. The van der Waals surface area contributed by atoms with Crippen molar-refractivity contribution in [3.63, 3.8) is 0 Å². The Morgan fingerprint density at radius 3 is 2.63 bits per heavy atom. The molecular formula is C32H37FN4O4. The Labute approximate surface area is 239 Å². The number of hydrogen-bond donors (Lipinski definition) is 3. The van der Waals surface area contributed by atoms with Crippen LogP contribution in [0.15, 0.2) is 53.7 Å². The van der Waals surface area contributed by atoms with Gasteiger partial charge in [-0.15, -0.1) is 0 Å². The number of aromatic nitrogens is 2. The minimum atomic E-state index is -0.582. The van der Waals surface area contributed by atoms with Crippen LogP contribution in [0.3, 0.4) is 0 Å². The number of ether oxygens (including phenoxy) is 1. The number of halogens is 1. The molecule has 0 bridgehead atoms. The Hall–Kier alpha value is -4.06. The Morgan fingerprint density at radius 2 is 1.95 bits per heavy atom. The molecule has 1 atom stereocenters. The van der Waals surface area contributed by atoms with Crippen LogP contribution in [0, 0.1) is 5.92 Å². The predicted octanol–water partition coefficient (Wildman–Crippen LogP) is 5.80. The van der Waals surface area contributed by atoms with E-state index < -0.39 is 11.7 Å². The number of nitrogens with zero attached hydrogens (tertiary/aromatic N) is 2. The van der Waals surface area contributed by atoms with Crippen molar-refractivity contribution in [3.05, 3.63) is 59.4 Å². The first-order valence-corrected chi connectivity index (χ1v) is 14.6. The van der Waals surface area contributed by atoms with Gasteiger partial charge in [-0.1, -0.05) is 38.2 Å². The van der Waals surface area contributed by atoms with Crippen LogP contribution < -0.4 is 15.4 Å². The predicted molar refractivity (Wildman–Crippen MR) is 154 cm³/mol. The van der Waals surface area contributed by atoms with E-state index in [4.69, 9.17) is 4.74 Å². The van der Waals surface area contributed by atoms with Gasteiger partial charge in [0.05, 0.1) is 18.4 Å². The maximum atomic E-state index is 13.6. The summed E-state index contributed by atoms with van der Waals surface area (Å²) in [5, 5.41) is 21.4. The van der Waals surface area contributed by atoms with Crippen LogP contribution in [0.1, 0.15) is 81.1 Å².